The summed E-state index contributed by atoms with van der Waals surface area (Å²) >= 11 is 0. The van der Waals surface area contributed by atoms with E-state index in [2.05, 4.69) is 0 Å². The van der Waals surface area contributed by atoms with Gasteiger partial charge in [0, 0.05) is 5.54 Å². The number of carbonyl (C=O) groups is 1. The summed E-state index contributed by atoms with van der Waals surface area (Å²) in [6.45, 7) is 1.63. The Morgan fingerprint density at radius 2 is 2.07 bits per heavy atom. The van der Waals surface area contributed by atoms with E-state index in [1.54, 1.807) is 13.0 Å². The van der Waals surface area contributed by atoms with Crippen LogP contribution in [-0.2, 0) is 4.79 Å². The van der Waals surface area contributed by atoms with Crippen LogP contribution in [0.5, 0.6) is 0 Å². The average molecular weight is 207 g/mol. The molecule has 1 atom stereocenters. The lowest BCUT2D eigenvalue weighted by molar-refractivity contribution is -0.175. The van der Waals surface area contributed by atoms with Gasteiger partial charge in [-0.25, -0.2) is 0 Å². The number of nitrogens with one attached hydrogen (secondary N) is 1. The maximum atomic E-state index is 11.9. The molecule has 1 amide bonds. The fraction of sp³-hybridized carbons (Fsp3) is 0.667. The third kappa shape index (κ3) is 2.75. The second-order valence-corrected chi connectivity index (χ2v) is 3.73. The van der Waals surface area contributed by atoms with E-state index in [1.165, 1.54) is 0 Å². The molecule has 80 valence electrons. The van der Waals surface area contributed by atoms with Gasteiger partial charge < -0.3 is 5.32 Å². The Hall–Kier alpha value is -1.00. The highest BCUT2D eigenvalue weighted by Crippen LogP contribution is 2.25. The van der Waals surface area contributed by atoms with E-state index in [-0.39, 0.29) is 0 Å². The van der Waals surface area contributed by atoms with E-state index in [1.807, 2.05) is 11.4 Å². The van der Waals surface area contributed by atoms with Gasteiger partial charge in [0.05, 0.1) is 0 Å². The summed E-state index contributed by atoms with van der Waals surface area (Å²) in [6.07, 6.45) is 0.612. The monoisotopic (exact) mass is 207 g/mol. The van der Waals surface area contributed by atoms with Gasteiger partial charge in [0.25, 0.3) is 0 Å². The van der Waals surface area contributed by atoms with Crippen molar-refractivity contribution in [1.29, 1.82) is 0 Å². The number of hydrogen-bond acceptors (Lipinski definition) is 1. The summed E-state index contributed by atoms with van der Waals surface area (Å²) < 4.78 is 35.8. The molecule has 0 aromatic heterocycles. The van der Waals surface area contributed by atoms with Gasteiger partial charge >= 0.3 is 12.1 Å². The van der Waals surface area contributed by atoms with Gasteiger partial charge in [-0.2, -0.15) is 13.2 Å². The van der Waals surface area contributed by atoms with Gasteiger partial charge in [-0.1, -0.05) is 12.2 Å². The normalized spacial score (nSPS) is 27.4. The van der Waals surface area contributed by atoms with Crippen LogP contribution in [0.25, 0.3) is 0 Å². The smallest absolute Gasteiger partial charge is 0.343 e. The molecule has 14 heavy (non-hydrogen) atoms. The molecule has 0 spiro atoms. The molecule has 1 N–H and O–H groups in total. The standard InChI is InChI=1S/C9H12F3NO/c1-8(5-3-2-4-6-8)13-7(14)9(10,11)12/h2-3H,4-6H2,1H3,(H,13,14). The maximum Gasteiger partial charge on any atom is 0.471 e. The van der Waals surface area contributed by atoms with Gasteiger partial charge in [0.1, 0.15) is 0 Å². The number of halogens is 3. The molecule has 0 aliphatic heterocycles. The highest BCUT2D eigenvalue weighted by Gasteiger charge is 2.42. The van der Waals surface area contributed by atoms with Crippen LogP contribution in [-0.4, -0.2) is 17.6 Å². The van der Waals surface area contributed by atoms with Crippen LogP contribution in [0.2, 0.25) is 0 Å². The van der Waals surface area contributed by atoms with E-state index in [9.17, 15) is 18.0 Å². The summed E-state index contributed by atoms with van der Waals surface area (Å²) in [6, 6.07) is 0. The lowest BCUT2D eigenvalue weighted by atomic mass is 9.87. The summed E-state index contributed by atoms with van der Waals surface area (Å²) in [5, 5.41) is 2.02. The SMILES string of the molecule is CC1(NC(=O)C(F)(F)F)CC=CCC1. The molecule has 0 bridgehead atoms. The molecular formula is C9H12F3NO. The van der Waals surface area contributed by atoms with E-state index in [4.69, 9.17) is 0 Å². The van der Waals surface area contributed by atoms with Gasteiger partial charge in [0.15, 0.2) is 0 Å². The molecule has 0 saturated heterocycles. The minimum Gasteiger partial charge on any atom is -0.343 e. The van der Waals surface area contributed by atoms with Crippen LogP contribution in [0.1, 0.15) is 26.2 Å². The summed E-state index contributed by atoms with van der Waals surface area (Å²) in [7, 11) is 0. The van der Waals surface area contributed by atoms with Crippen molar-refractivity contribution in [3.05, 3.63) is 12.2 Å². The van der Waals surface area contributed by atoms with Crippen LogP contribution in [0, 0.1) is 0 Å². The van der Waals surface area contributed by atoms with Crippen molar-refractivity contribution < 1.29 is 18.0 Å². The number of alkyl halides is 3. The zero-order chi connectivity index (χ0) is 10.8. The van der Waals surface area contributed by atoms with Crippen molar-refractivity contribution in [3.63, 3.8) is 0 Å². The summed E-state index contributed by atoms with van der Waals surface area (Å²) in [4.78, 5) is 10.7. The van der Waals surface area contributed by atoms with Crippen LogP contribution in [0.4, 0.5) is 13.2 Å². The fourth-order valence-electron chi connectivity index (χ4n) is 1.42. The fourth-order valence-corrected chi connectivity index (χ4v) is 1.42. The Morgan fingerprint density at radius 1 is 1.43 bits per heavy atom. The van der Waals surface area contributed by atoms with Crippen molar-refractivity contribution in [3.8, 4) is 0 Å². The molecule has 0 radical (unpaired) electrons. The molecule has 0 fully saturated rings. The zero-order valence-electron chi connectivity index (χ0n) is 7.82. The Bertz CT molecular complexity index is 259. The molecule has 1 rings (SSSR count). The average Bonchev–Trinajstić information content (AvgIpc) is 2.02. The zero-order valence-corrected chi connectivity index (χ0v) is 7.82. The predicted octanol–water partition coefficient (Wildman–Crippen LogP) is 2.16. The van der Waals surface area contributed by atoms with Crippen molar-refractivity contribution >= 4 is 5.91 Å². The highest BCUT2D eigenvalue weighted by molar-refractivity contribution is 5.82. The predicted molar refractivity (Wildman–Crippen MR) is 45.6 cm³/mol. The summed E-state index contributed by atoms with van der Waals surface area (Å²) in [5.41, 5.74) is -0.749. The first kappa shape index (κ1) is 11.1. The molecule has 0 saturated carbocycles. The highest BCUT2D eigenvalue weighted by atomic mass is 19.4. The van der Waals surface area contributed by atoms with E-state index in [0.717, 1.165) is 0 Å². The van der Waals surface area contributed by atoms with Gasteiger partial charge in [-0.05, 0) is 26.2 Å². The first-order valence-electron chi connectivity index (χ1n) is 4.38. The van der Waals surface area contributed by atoms with Gasteiger partial charge in [0.2, 0.25) is 0 Å². The lowest BCUT2D eigenvalue weighted by Gasteiger charge is -2.32. The van der Waals surface area contributed by atoms with Crippen molar-refractivity contribution in [2.45, 2.75) is 37.9 Å². The Labute approximate surface area is 80.2 Å². The number of rotatable bonds is 1. The Balaban J connectivity index is 2.59. The summed E-state index contributed by atoms with van der Waals surface area (Å²) in [5.74, 6) is -1.85. The number of allylic oxidation sites excluding steroid dienone is 1. The maximum absolute atomic E-state index is 11.9. The van der Waals surface area contributed by atoms with Crippen LogP contribution in [0.15, 0.2) is 12.2 Å². The molecule has 1 aliphatic rings. The Kier molecular flexibility index (Phi) is 2.87. The van der Waals surface area contributed by atoms with E-state index >= 15 is 0 Å². The second kappa shape index (κ2) is 3.63. The third-order valence-corrected chi connectivity index (χ3v) is 2.27. The van der Waals surface area contributed by atoms with Crippen LogP contribution >= 0.6 is 0 Å². The molecule has 1 aliphatic carbocycles. The molecule has 0 aromatic rings. The van der Waals surface area contributed by atoms with Crippen LogP contribution < -0.4 is 5.32 Å². The van der Waals surface area contributed by atoms with Gasteiger partial charge in [-0.3, -0.25) is 4.79 Å². The Morgan fingerprint density at radius 3 is 2.50 bits per heavy atom. The minimum atomic E-state index is -4.79. The first-order chi connectivity index (χ1) is 6.33. The molecule has 0 heterocycles. The van der Waals surface area contributed by atoms with Crippen molar-refractivity contribution in [2.75, 3.05) is 0 Å². The largest absolute Gasteiger partial charge is 0.471 e. The number of amides is 1. The third-order valence-electron chi connectivity index (χ3n) is 2.27. The molecule has 0 aromatic carbocycles. The van der Waals surface area contributed by atoms with Crippen LogP contribution in [0.3, 0.4) is 0 Å². The van der Waals surface area contributed by atoms with Crippen molar-refractivity contribution in [2.24, 2.45) is 0 Å². The second-order valence-electron chi connectivity index (χ2n) is 3.73. The van der Waals surface area contributed by atoms with Crippen molar-refractivity contribution in [1.82, 2.24) is 5.32 Å². The first-order valence-corrected chi connectivity index (χ1v) is 4.38. The van der Waals surface area contributed by atoms with E-state index < -0.39 is 17.6 Å². The molecular weight excluding hydrogens is 195 g/mol. The molecule has 2 nitrogen and oxygen atoms in total. The lowest BCUT2D eigenvalue weighted by Crippen LogP contribution is -2.51. The quantitative estimate of drug-likeness (QED) is 0.656. The molecule has 1 unspecified atom stereocenters. The number of hydrogen-bond donors (Lipinski definition) is 1. The topological polar surface area (TPSA) is 29.1 Å². The number of carbonyl (C=O) groups excluding carboxylic acids is 1. The van der Waals surface area contributed by atoms with E-state index in [0.29, 0.717) is 19.3 Å². The molecule has 5 heteroatoms. The van der Waals surface area contributed by atoms with Gasteiger partial charge in [-0.15, -0.1) is 0 Å². The minimum absolute atomic E-state index is 0.453.